The molecule has 0 bridgehead atoms. The number of nitrogens with zero attached hydrogens (tertiary/aromatic N) is 1. The van der Waals surface area contributed by atoms with Gasteiger partial charge < -0.3 is 15.0 Å². The normalized spacial score (nSPS) is 17.6. The van der Waals surface area contributed by atoms with Crippen LogP contribution in [-0.2, 0) is 4.79 Å². The van der Waals surface area contributed by atoms with Gasteiger partial charge in [0.15, 0.2) is 0 Å². The number of carbonyl (C=O) groups is 2. The molecule has 0 saturated carbocycles. The molecule has 1 aliphatic heterocycles. The number of para-hydroxylation sites is 1. The number of carbonyl (C=O) groups excluding carboxylic acids is 1. The number of nitrogens with one attached hydrogen (secondary N) is 1. The molecule has 0 spiro atoms. The van der Waals surface area contributed by atoms with Crippen LogP contribution < -0.4 is 4.90 Å². The Kier molecular flexibility index (Phi) is 3.02. The van der Waals surface area contributed by atoms with Crippen LogP contribution in [-0.4, -0.2) is 28.5 Å². The molecule has 1 aromatic carbocycles. The van der Waals surface area contributed by atoms with E-state index in [1.807, 2.05) is 6.07 Å². The zero-order valence-corrected chi connectivity index (χ0v) is 10.7. The van der Waals surface area contributed by atoms with E-state index in [9.17, 15) is 14.7 Å². The summed E-state index contributed by atoms with van der Waals surface area (Å²) in [6, 6.07) is 10.7. The number of anilines is 1. The Balaban J connectivity index is 2.01. The van der Waals surface area contributed by atoms with E-state index in [0.29, 0.717) is 29.9 Å². The number of benzene rings is 1. The fourth-order valence-corrected chi connectivity index (χ4v) is 2.64. The molecule has 1 atom stereocenters. The van der Waals surface area contributed by atoms with Crippen molar-refractivity contribution in [3.63, 3.8) is 0 Å². The molecular formula is C15H14N2O3. The van der Waals surface area contributed by atoms with Crippen molar-refractivity contribution in [3.8, 4) is 0 Å². The van der Waals surface area contributed by atoms with Crippen LogP contribution in [0.15, 0.2) is 42.6 Å². The van der Waals surface area contributed by atoms with E-state index in [1.54, 1.807) is 41.4 Å². The summed E-state index contributed by atoms with van der Waals surface area (Å²) in [6.07, 6.45) is 2.13. The van der Waals surface area contributed by atoms with Gasteiger partial charge in [-0.05, 0) is 30.2 Å². The summed E-state index contributed by atoms with van der Waals surface area (Å²) in [6.45, 7) is 0.409. The number of hydrogen-bond donors (Lipinski definition) is 2. The number of aromatic nitrogens is 1. The van der Waals surface area contributed by atoms with E-state index in [1.165, 1.54) is 0 Å². The lowest BCUT2D eigenvalue weighted by atomic mass is 9.90. The number of fused-ring (bicyclic) bond motifs is 1. The highest BCUT2D eigenvalue weighted by molar-refractivity contribution is 6.06. The van der Waals surface area contributed by atoms with Gasteiger partial charge in [-0.25, -0.2) is 0 Å². The molecule has 1 aromatic heterocycles. The second kappa shape index (κ2) is 4.85. The average molecular weight is 270 g/mol. The van der Waals surface area contributed by atoms with E-state index in [0.717, 1.165) is 0 Å². The Bertz CT molecular complexity index is 649. The predicted molar refractivity (Wildman–Crippen MR) is 73.9 cm³/mol. The minimum absolute atomic E-state index is 0.133. The molecule has 0 aliphatic carbocycles. The largest absolute Gasteiger partial charge is 0.481 e. The minimum Gasteiger partial charge on any atom is -0.481 e. The Morgan fingerprint density at radius 1 is 1.20 bits per heavy atom. The standard InChI is InChI=1S/C15H14N2O3/c18-14(12-5-3-8-16-12)17-9-7-11(15(19)20)10-4-1-2-6-13(10)17/h1-6,8,11,16H,7,9H2,(H,19,20). The Labute approximate surface area is 115 Å². The van der Waals surface area contributed by atoms with Crippen molar-refractivity contribution in [2.45, 2.75) is 12.3 Å². The topological polar surface area (TPSA) is 73.4 Å². The zero-order chi connectivity index (χ0) is 14.1. The monoisotopic (exact) mass is 270 g/mol. The van der Waals surface area contributed by atoms with Crippen molar-refractivity contribution in [3.05, 3.63) is 53.9 Å². The number of H-pyrrole nitrogens is 1. The second-order valence-corrected chi connectivity index (χ2v) is 4.78. The number of hydrogen-bond acceptors (Lipinski definition) is 2. The lowest BCUT2D eigenvalue weighted by molar-refractivity contribution is -0.139. The molecule has 0 saturated heterocycles. The molecule has 2 N–H and O–H groups in total. The summed E-state index contributed by atoms with van der Waals surface area (Å²) in [5, 5.41) is 9.28. The van der Waals surface area contributed by atoms with Gasteiger partial charge in [0.2, 0.25) is 0 Å². The first-order valence-corrected chi connectivity index (χ1v) is 6.45. The van der Waals surface area contributed by atoms with Gasteiger partial charge in [0.25, 0.3) is 5.91 Å². The lowest BCUT2D eigenvalue weighted by Crippen LogP contribution is -2.38. The number of aromatic amines is 1. The highest BCUT2D eigenvalue weighted by Crippen LogP contribution is 2.35. The van der Waals surface area contributed by atoms with Crippen LogP contribution in [0.1, 0.15) is 28.4 Å². The van der Waals surface area contributed by atoms with E-state index in [2.05, 4.69) is 4.98 Å². The summed E-state index contributed by atoms with van der Waals surface area (Å²) in [4.78, 5) is 28.3. The molecule has 1 aliphatic rings. The van der Waals surface area contributed by atoms with Crippen molar-refractivity contribution in [2.75, 3.05) is 11.4 Å². The summed E-state index contributed by atoms with van der Waals surface area (Å²) < 4.78 is 0. The minimum atomic E-state index is -0.843. The van der Waals surface area contributed by atoms with Crippen molar-refractivity contribution >= 4 is 17.6 Å². The molecule has 0 radical (unpaired) electrons. The molecule has 2 aromatic rings. The molecule has 102 valence electrons. The van der Waals surface area contributed by atoms with Crippen molar-refractivity contribution in [2.24, 2.45) is 0 Å². The Morgan fingerprint density at radius 3 is 2.70 bits per heavy atom. The maximum absolute atomic E-state index is 12.4. The third kappa shape index (κ3) is 1.97. The molecule has 0 fully saturated rings. The SMILES string of the molecule is O=C(O)C1CCN(C(=O)c2ccc[nH]2)c2ccccc21. The molecule has 5 heteroatoms. The molecule has 3 rings (SSSR count). The Morgan fingerprint density at radius 2 is 2.00 bits per heavy atom. The summed E-state index contributed by atoms with van der Waals surface area (Å²) in [7, 11) is 0. The van der Waals surface area contributed by atoms with Gasteiger partial charge in [-0.3, -0.25) is 9.59 Å². The highest BCUT2D eigenvalue weighted by Gasteiger charge is 2.32. The van der Waals surface area contributed by atoms with Gasteiger partial charge in [-0.1, -0.05) is 18.2 Å². The zero-order valence-electron chi connectivity index (χ0n) is 10.7. The molecular weight excluding hydrogens is 256 g/mol. The third-order valence-electron chi connectivity index (χ3n) is 3.62. The van der Waals surface area contributed by atoms with Crippen LogP contribution in [0.3, 0.4) is 0 Å². The number of carboxylic acids is 1. The van der Waals surface area contributed by atoms with Crippen LogP contribution in [0.2, 0.25) is 0 Å². The molecule has 5 nitrogen and oxygen atoms in total. The fraction of sp³-hybridized carbons (Fsp3) is 0.200. The van der Waals surface area contributed by atoms with Crippen molar-refractivity contribution < 1.29 is 14.7 Å². The molecule has 1 amide bonds. The quantitative estimate of drug-likeness (QED) is 0.878. The van der Waals surface area contributed by atoms with E-state index < -0.39 is 11.9 Å². The van der Waals surface area contributed by atoms with Gasteiger partial charge in [0.05, 0.1) is 5.92 Å². The number of rotatable bonds is 2. The summed E-state index contributed by atoms with van der Waals surface area (Å²) in [5.41, 5.74) is 1.89. The van der Waals surface area contributed by atoms with Crippen LogP contribution in [0, 0.1) is 0 Å². The fourth-order valence-electron chi connectivity index (χ4n) is 2.64. The predicted octanol–water partition coefficient (Wildman–Crippen LogP) is 2.23. The summed E-state index contributed by atoms with van der Waals surface area (Å²) in [5.74, 6) is -1.52. The van der Waals surface area contributed by atoms with Crippen LogP contribution in [0.5, 0.6) is 0 Å². The van der Waals surface area contributed by atoms with E-state index in [4.69, 9.17) is 0 Å². The number of amides is 1. The second-order valence-electron chi connectivity index (χ2n) is 4.78. The van der Waals surface area contributed by atoms with Crippen molar-refractivity contribution in [1.29, 1.82) is 0 Å². The number of aliphatic carboxylic acids is 1. The van der Waals surface area contributed by atoms with Gasteiger partial charge in [0, 0.05) is 18.4 Å². The maximum Gasteiger partial charge on any atom is 0.311 e. The smallest absolute Gasteiger partial charge is 0.311 e. The maximum atomic E-state index is 12.4. The molecule has 20 heavy (non-hydrogen) atoms. The molecule has 2 heterocycles. The first-order chi connectivity index (χ1) is 9.68. The first kappa shape index (κ1) is 12.5. The first-order valence-electron chi connectivity index (χ1n) is 6.45. The van der Waals surface area contributed by atoms with Crippen LogP contribution in [0.4, 0.5) is 5.69 Å². The van der Waals surface area contributed by atoms with Gasteiger partial charge in [0.1, 0.15) is 5.69 Å². The van der Waals surface area contributed by atoms with E-state index >= 15 is 0 Å². The van der Waals surface area contributed by atoms with Crippen LogP contribution in [0.25, 0.3) is 0 Å². The Hall–Kier alpha value is -2.56. The van der Waals surface area contributed by atoms with Crippen LogP contribution >= 0.6 is 0 Å². The van der Waals surface area contributed by atoms with E-state index in [-0.39, 0.29) is 5.91 Å². The highest BCUT2D eigenvalue weighted by atomic mass is 16.4. The van der Waals surface area contributed by atoms with Gasteiger partial charge in [-0.15, -0.1) is 0 Å². The van der Waals surface area contributed by atoms with Gasteiger partial charge >= 0.3 is 5.97 Å². The lowest BCUT2D eigenvalue weighted by Gasteiger charge is -2.32. The van der Waals surface area contributed by atoms with Gasteiger partial charge in [-0.2, -0.15) is 0 Å². The third-order valence-corrected chi connectivity index (χ3v) is 3.62. The van der Waals surface area contributed by atoms with Crippen molar-refractivity contribution in [1.82, 2.24) is 4.98 Å². The number of carboxylic acid groups (broad SMARTS) is 1. The molecule has 1 unspecified atom stereocenters. The summed E-state index contributed by atoms with van der Waals surface area (Å²) >= 11 is 0. The average Bonchev–Trinajstić information content (AvgIpc) is 2.99.